The second-order valence-corrected chi connectivity index (χ2v) is 5.09. The number of aromatic nitrogens is 1. The number of hydrogen-bond acceptors (Lipinski definition) is 5. The van der Waals surface area contributed by atoms with Gasteiger partial charge in [0.15, 0.2) is 0 Å². The van der Waals surface area contributed by atoms with Gasteiger partial charge in [0.05, 0.1) is 4.92 Å². The molecule has 108 valence electrons. The fraction of sp³-hybridized carbons (Fsp3) is 0.267. The van der Waals surface area contributed by atoms with Crippen molar-refractivity contribution in [1.29, 1.82) is 0 Å². The molecule has 0 fully saturated rings. The van der Waals surface area contributed by atoms with Gasteiger partial charge in [0.1, 0.15) is 11.5 Å². The van der Waals surface area contributed by atoms with Crippen LogP contribution < -0.4 is 10.6 Å². The Kier molecular flexibility index (Phi) is 3.43. The van der Waals surface area contributed by atoms with Crippen LogP contribution in [0.15, 0.2) is 30.3 Å². The van der Waals surface area contributed by atoms with Gasteiger partial charge in [0.2, 0.25) is 0 Å². The van der Waals surface area contributed by atoms with Crippen LogP contribution in [0.4, 0.5) is 22.9 Å². The molecular formula is C15H16N4O2. The van der Waals surface area contributed by atoms with Crippen molar-refractivity contribution in [3.8, 4) is 0 Å². The van der Waals surface area contributed by atoms with Gasteiger partial charge in [-0.15, -0.1) is 0 Å². The fourth-order valence-corrected chi connectivity index (χ4v) is 2.52. The molecule has 0 amide bonds. The normalized spacial score (nSPS) is 13.2. The van der Waals surface area contributed by atoms with Crippen LogP contribution in [0.2, 0.25) is 0 Å². The minimum Gasteiger partial charge on any atom is -0.385 e. The van der Waals surface area contributed by atoms with Gasteiger partial charge in [-0.2, -0.15) is 0 Å². The minimum absolute atomic E-state index is 0.0372. The van der Waals surface area contributed by atoms with Crippen LogP contribution in [0.25, 0.3) is 0 Å². The summed E-state index contributed by atoms with van der Waals surface area (Å²) in [5, 5.41) is 17.4. The number of hydrogen-bond donors (Lipinski definition) is 2. The van der Waals surface area contributed by atoms with E-state index in [1.165, 1.54) is 17.3 Å². The highest BCUT2D eigenvalue weighted by Gasteiger charge is 2.13. The maximum atomic E-state index is 10.8. The first-order valence-electron chi connectivity index (χ1n) is 6.89. The Labute approximate surface area is 122 Å². The number of pyridine rings is 1. The third-order valence-corrected chi connectivity index (χ3v) is 3.57. The van der Waals surface area contributed by atoms with Crippen molar-refractivity contribution in [2.75, 3.05) is 17.2 Å². The predicted octanol–water partition coefficient (Wildman–Crippen LogP) is 3.40. The molecule has 0 saturated heterocycles. The largest absolute Gasteiger partial charge is 0.385 e. The standard InChI is InChI=1S/C15H16N4O2/c1-10-14(19(20)21)6-7-15(17-10)18-12-4-5-13-11(9-12)3-2-8-16-13/h4-7,9,16H,2-3,8H2,1H3,(H,17,18). The van der Waals surface area contributed by atoms with Crippen molar-refractivity contribution >= 4 is 22.9 Å². The molecule has 21 heavy (non-hydrogen) atoms. The Morgan fingerprint density at radius 2 is 2.19 bits per heavy atom. The van der Waals surface area contributed by atoms with Gasteiger partial charge >= 0.3 is 0 Å². The Balaban J connectivity index is 1.83. The summed E-state index contributed by atoms with van der Waals surface area (Å²) in [6.07, 6.45) is 2.19. The van der Waals surface area contributed by atoms with Gasteiger partial charge in [-0.05, 0) is 49.6 Å². The summed E-state index contributed by atoms with van der Waals surface area (Å²) < 4.78 is 0. The molecule has 2 N–H and O–H groups in total. The average Bonchev–Trinajstić information content (AvgIpc) is 2.47. The molecule has 1 aromatic heterocycles. The van der Waals surface area contributed by atoms with E-state index in [1.807, 2.05) is 6.07 Å². The molecule has 0 unspecified atom stereocenters. The Hall–Kier alpha value is -2.63. The number of nitro groups is 1. The van der Waals surface area contributed by atoms with E-state index in [-0.39, 0.29) is 5.69 Å². The van der Waals surface area contributed by atoms with Crippen molar-refractivity contribution in [3.05, 3.63) is 51.7 Å². The van der Waals surface area contributed by atoms with Gasteiger partial charge < -0.3 is 10.6 Å². The van der Waals surface area contributed by atoms with E-state index in [9.17, 15) is 10.1 Å². The third-order valence-electron chi connectivity index (χ3n) is 3.57. The molecule has 6 nitrogen and oxygen atoms in total. The van der Waals surface area contributed by atoms with E-state index in [1.54, 1.807) is 13.0 Å². The molecule has 0 radical (unpaired) electrons. The molecule has 6 heteroatoms. The molecule has 2 heterocycles. The Morgan fingerprint density at radius 1 is 1.33 bits per heavy atom. The van der Waals surface area contributed by atoms with Crippen molar-refractivity contribution < 1.29 is 4.92 Å². The first-order chi connectivity index (χ1) is 10.1. The second kappa shape index (κ2) is 5.40. The first-order valence-corrected chi connectivity index (χ1v) is 6.89. The summed E-state index contributed by atoms with van der Waals surface area (Å²) in [7, 11) is 0. The van der Waals surface area contributed by atoms with Crippen molar-refractivity contribution in [1.82, 2.24) is 4.98 Å². The van der Waals surface area contributed by atoms with E-state index in [0.29, 0.717) is 11.5 Å². The van der Waals surface area contributed by atoms with Crippen molar-refractivity contribution in [2.24, 2.45) is 0 Å². The number of benzene rings is 1. The van der Waals surface area contributed by atoms with Crippen LogP contribution in [-0.4, -0.2) is 16.5 Å². The summed E-state index contributed by atoms with van der Waals surface area (Å²) in [4.78, 5) is 14.6. The lowest BCUT2D eigenvalue weighted by Crippen LogP contribution is -2.11. The van der Waals surface area contributed by atoms with Crippen LogP contribution in [0.3, 0.4) is 0 Å². The molecular weight excluding hydrogens is 268 g/mol. The smallest absolute Gasteiger partial charge is 0.290 e. The average molecular weight is 284 g/mol. The number of fused-ring (bicyclic) bond motifs is 1. The number of rotatable bonds is 3. The number of anilines is 3. The zero-order chi connectivity index (χ0) is 14.8. The predicted molar refractivity (Wildman–Crippen MR) is 82.2 cm³/mol. The highest BCUT2D eigenvalue weighted by molar-refractivity contribution is 5.65. The maximum Gasteiger partial charge on any atom is 0.290 e. The zero-order valence-corrected chi connectivity index (χ0v) is 11.7. The lowest BCUT2D eigenvalue weighted by atomic mass is 10.0. The van der Waals surface area contributed by atoms with E-state index < -0.39 is 4.92 Å². The quantitative estimate of drug-likeness (QED) is 0.667. The lowest BCUT2D eigenvalue weighted by Gasteiger charge is -2.19. The fourth-order valence-electron chi connectivity index (χ4n) is 2.52. The van der Waals surface area contributed by atoms with Crippen LogP contribution in [-0.2, 0) is 6.42 Å². The van der Waals surface area contributed by atoms with Crippen LogP contribution in [0.5, 0.6) is 0 Å². The monoisotopic (exact) mass is 284 g/mol. The number of nitrogens with one attached hydrogen (secondary N) is 2. The van der Waals surface area contributed by atoms with Gasteiger partial charge in [-0.1, -0.05) is 0 Å². The summed E-state index contributed by atoms with van der Waals surface area (Å²) in [6.45, 7) is 2.66. The molecule has 2 aromatic rings. The van der Waals surface area contributed by atoms with Gasteiger partial charge in [0, 0.05) is 24.0 Å². The number of nitrogens with zero attached hydrogens (tertiary/aromatic N) is 2. The molecule has 0 bridgehead atoms. The highest BCUT2D eigenvalue weighted by atomic mass is 16.6. The molecule has 3 rings (SSSR count). The topological polar surface area (TPSA) is 80.1 Å². The van der Waals surface area contributed by atoms with E-state index >= 15 is 0 Å². The van der Waals surface area contributed by atoms with Crippen LogP contribution in [0, 0.1) is 17.0 Å². The van der Waals surface area contributed by atoms with E-state index in [2.05, 4.69) is 27.8 Å². The summed E-state index contributed by atoms with van der Waals surface area (Å²) in [5.74, 6) is 0.613. The number of aryl methyl sites for hydroxylation is 2. The summed E-state index contributed by atoms with van der Waals surface area (Å²) in [5.41, 5.74) is 3.85. The molecule has 0 aliphatic carbocycles. The van der Waals surface area contributed by atoms with Crippen molar-refractivity contribution in [2.45, 2.75) is 19.8 Å². The van der Waals surface area contributed by atoms with E-state index in [0.717, 1.165) is 25.1 Å². The van der Waals surface area contributed by atoms with Gasteiger partial charge in [-0.25, -0.2) is 4.98 Å². The highest BCUT2D eigenvalue weighted by Crippen LogP contribution is 2.27. The Morgan fingerprint density at radius 3 is 2.95 bits per heavy atom. The Bertz CT molecular complexity index is 700. The van der Waals surface area contributed by atoms with Crippen LogP contribution in [0.1, 0.15) is 17.7 Å². The van der Waals surface area contributed by atoms with E-state index in [4.69, 9.17) is 0 Å². The summed E-state index contributed by atoms with van der Waals surface area (Å²) in [6, 6.07) is 9.23. The SMILES string of the molecule is Cc1nc(Nc2ccc3c(c2)CCCN3)ccc1[N+](=O)[O-]. The minimum atomic E-state index is -0.420. The summed E-state index contributed by atoms with van der Waals surface area (Å²) >= 11 is 0. The van der Waals surface area contributed by atoms with Gasteiger partial charge in [0.25, 0.3) is 5.69 Å². The maximum absolute atomic E-state index is 10.8. The first kappa shape index (κ1) is 13.4. The molecule has 0 spiro atoms. The van der Waals surface area contributed by atoms with Crippen molar-refractivity contribution in [3.63, 3.8) is 0 Å². The van der Waals surface area contributed by atoms with Gasteiger partial charge in [-0.3, -0.25) is 10.1 Å². The molecule has 1 aliphatic rings. The zero-order valence-electron chi connectivity index (χ0n) is 11.7. The molecule has 0 saturated carbocycles. The molecule has 1 aromatic carbocycles. The molecule has 0 atom stereocenters. The lowest BCUT2D eigenvalue weighted by molar-refractivity contribution is -0.385. The second-order valence-electron chi connectivity index (χ2n) is 5.09. The molecule has 1 aliphatic heterocycles. The van der Waals surface area contributed by atoms with Crippen LogP contribution >= 0.6 is 0 Å². The third kappa shape index (κ3) is 2.79.